The number of nitrogens with one attached hydrogen (secondary N) is 1. The number of halogens is 2. The number of benzene rings is 2. The van der Waals surface area contributed by atoms with Crippen LogP contribution in [0, 0.1) is 11.6 Å². The minimum Gasteiger partial charge on any atom is -0.344 e. The van der Waals surface area contributed by atoms with Crippen molar-refractivity contribution in [1.29, 1.82) is 0 Å². The molecule has 2 bridgehead atoms. The monoisotopic (exact) mass is 393 g/mol. The smallest absolute Gasteiger partial charge is 0.272 e. The Morgan fingerprint density at radius 2 is 1.90 bits per heavy atom. The number of hydrogen-bond donors (Lipinski definition) is 1. The van der Waals surface area contributed by atoms with Gasteiger partial charge in [-0.1, -0.05) is 30.3 Å². The van der Waals surface area contributed by atoms with Gasteiger partial charge in [0.25, 0.3) is 5.91 Å². The Morgan fingerprint density at radius 3 is 2.66 bits per heavy atom. The molecule has 29 heavy (non-hydrogen) atoms. The number of hydrogen-bond acceptors (Lipinski definition) is 2. The Bertz CT molecular complexity index is 1090. The average molecular weight is 393 g/mol. The second-order valence-electron chi connectivity index (χ2n) is 7.97. The maximum atomic E-state index is 14.5. The molecule has 0 spiro atoms. The van der Waals surface area contributed by atoms with Crippen LogP contribution in [0.1, 0.15) is 71.4 Å². The van der Waals surface area contributed by atoms with E-state index in [9.17, 15) is 13.6 Å². The Morgan fingerprint density at radius 1 is 1.14 bits per heavy atom. The van der Waals surface area contributed by atoms with Crippen molar-refractivity contribution in [3.8, 4) is 5.69 Å². The molecule has 0 saturated heterocycles. The number of fused-ring (bicyclic) bond motifs is 5. The van der Waals surface area contributed by atoms with Gasteiger partial charge in [-0.3, -0.25) is 4.79 Å². The molecule has 2 unspecified atom stereocenters. The van der Waals surface area contributed by atoms with Gasteiger partial charge >= 0.3 is 0 Å². The molecule has 2 aliphatic rings. The largest absolute Gasteiger partial charge is 0.344 e. The van der Waals surface area contributed by atoms with Gasteiger partial charge in [0.2, 0.25) is 0 Å². The summed E-state index contributed by atoms with van der Waals surface area (Å²) < 4.78 is 29.4. The number of rotatable bonds is 4. The van der Waals surface area contributed by atoms with Crippen LogP contribution in [0.3, 0.4) is 0 Å². The first-order chi connectivity index (χ1) is 14.0. The third-order valence-electron chi connectivity index (χ3n) is 6.19. The molecule has 148 valence electrons. The summed E-state index contributed by atoms with van der Waals surface area (Å²) in [4.78, 5) is 13.1. The van der Waals surface area contributed by atoms with Crippen molar-refractivity contribution < 1.29 is 13.6 Å². The lowest BCUT2D eigenvalue weighted by molar-refractivity contribution is 0.0933. The highest BCUT2D eigenvalue weighted by molar-refractivity contribution is 5.95. The third kappa shape index (κ3) is 2.94. The molecule has 1 amide bonds. The molecule has 1 N–H and O–H groups in total. The van der Waals surface area contributed by atoms with Gasteiger partial charge in [-0.25, -0.2) is 13.5 Å². The number of aromatic nitrogens is 2. The standard InChI is InChI=1S/C23H21F2N3O/c1-13(14-5-3-2-4-6-14)26-23(29)21-20-15-7-8-16(11-15)22(20)28(27-21)19-10-9-17(24)12-18(19)25/h2-6,9-10,12-13,15-16H,7-8,11H2,1H3,(H,26,29)/t13-,15?,16?/m0/s1. The zero-order valence-electron chi connectivity index (χ0n) is 16.0. The Labute approximate surface area is 167 Å². The van der Waals surface area contributed by atoms with E-state index in [1.54, 1.807) is 0 Å². The predicted molar refractivity (Wildman–Crippen MR) is 105 cm³/mol. The lowest BCUT2D eigenvalue weighted by atomic mass is 9.95. The lowest BCUT2D eigenvalue weighted by Crippen LogP contribution is -2.28. The molecule has 0 aliphatic heterocycles. The van der Waals surface area contributed by atoms with Crippen LogP contribution < -0.4 is 5.32 Å². The summed E-state index contributed by atoms with van der Waals surface area (Å²) in [6.45, 7) is 1.93. The quantitative estimate of drug-likeness (QED) is 0.678. The molecule has 2 aromatic carbocycles. The van der Waals surface area contributed by atoms with Crippen molar-refractivity contribution in [3.05, 3.63) is 82.7 Å². The predicted octanol–water partition coefficient (Wildman–Crippen LogP) is 5.01. The van der Waals surface area contributed by atoms with Crippen LogP contribution in [0.15, 0.2) is 48.5 Å². The van der Waals surface area contributed by atoms with E-state index >= 15 is 0 Å². The van der Waals surface area contributed by atoms with Gasteiger partial charge in [0.1, 0.15) is 11.5 Å². The van der Waals surface area contributed by atoms with Crippen LogP contribution in [-0.2, 0) is 0 Å². The maximum absolute atomic E-state index is 14.5. The molecule has 5 rings (SSSR count). The van der Waals surface area contributed by atoms with Gasteiger partial charge in [-0.2, -0.15) is 5.10 Å². The summed E-state index contributed by atoms with van der Waals surface area (Å²) in [6, 6.07) is 13.0. The highest BCUT2D eigenvalue weighted by Gasteiger charge is 2.44. The maximum Gasteiger partial charge on any atom is 0.272 e. The molecule has 3 aromatic rings. The van der Waals surface area contributed by atoms with E-state index in [0.29, 0.717) is 5.69 Å². The van der Waals surface area contributed by atoms with Crippen LogP contribution >= 0.6 is 0 Å². The van der Waals surface area contributed by atoms with Crippen molar-refractivity contribution in [2.45, 2.75) is 44.1 Å². The van der Waals surface area contributed by atoms with E-state index in [4.69, 9.17) is 0 Å². The molecule has 1 aromatic heterocycles. The number of carbonyl (C=O) groups excluding carboxylic acids is 1. The number of amides is 1. The fourth-order valence-electron chi connectivity index (χ4n) is 4.82. The minimum absolute atomic E-state index is 0.175. The van der Waals surface area contributed by atoms with Crippen molar-refractivity contribution >= 4 is 5.91 Å². The van der Waals surface area contributed by atoms with Gasteiger partial charge in [0, 0.05) is 17.5 Å². The summed E-state index contributed by atoms with van der Waals surface area (Å²) in [5, 5.41) is 7.54. The van der Waals surface area contributed by atoms with E-state index in [2.05, 4.69) is 10.4 Å². The van der Waals surface area contributed by atoms with Crippen molar-refractivity contribution in [3.63, 3.8) is 0 Å². The molecular formula is C23H21F2N3O. The molecule has 4 nitrogen and oxygen atoms in total. The third-order valence-corrected chi connectivity index (χ3v) is 6.19. The summed E-state index contributed by atoms with van der Waals surface area (Å²) in [5.74, 6) is -1.03. The van der Waals surface area contributed by atoms with E-state index in [0.717, 1.165) is 42.1 Å². The fourth-order valence-corrected chi connectivity index (χ4v) is 4.82. The van der Waals surface area contributed by atoms with Crippen LogP contribution in [0.2, 0.25) is 0 Å². The highest BCUT2D eigenvalue weighted by Crippen LogP contribution is 2.54. The summed E-state index contributed by atoms with van der Waals surface area (Å²) in [7, 11) is 0. The van der Waals surface area contributed by atoms with Gasteiger partial charge in [-0.05, 0) is 49.8 Å². The van der Waals surface area contributed by atoms with Gasteiger partial charge < -0.3 is 5.32 Å². The Kier molecular flexibility index (Phi) is 4.23. The number of nitrogens with zero attached hydrogens (tertiary/aromatic N) is 2. The zero-order chi connectivity index (χ0) is 20.1. The van der Waals surface area contributed by atoms with Crippen molar-refractivity contribution in [2.24, 2.45) is 0 Å². The zero-order valence-corrected chi connectivity index (χ0v) is 16.0. The molecule has 6 heteroatoms. The average Bonchev–Trinajstić information content (AvgIpc) is 3.41. The summed E-state index contributed by atoms with van der Waals surface area (Å²) >= 11 is 0. The van der Waals surface area contributed by atoms with Crippen LogP contribution in [-0.4, -0.2) is 15.7 Å². The highest BCUT2D eigenvalue weighted by atomic mass is 19.1. The van der Waals surface area contributed by atoms with E-state index in [1.807, 2.05) is 37.3 Å². The van der Waals surface area contributed by atoms with Crippen LogP contribution in [0.4, 0.5) is 8.78 Å². The molecular weight excluding hydrogens is 372 g/mol. The number of carbonyl (C=O) groups is 1. The second kappa shape index (κ2) is 6.79. The van der Waals surface area contributed by atoms with E-state index in [-0.39, 0.29) is 29.5 Å². The Balaban J connectivity index is 1.54. The summed E-state index contributed by atoms with van der Waals surface area (Å²) in [6.07, 6.45) is 2.99. The van der Waals surface area contributed by atoms with Crippen LogP contribution in [0.5, 0.6) is 0 Å². The molecule has 0 radical (unpaired) electrons. The minimum atomic E-state index is -0.678. The normalized spacial score (nSPS) is 20.5. The Hall–Kier alpha value is -3.02. The summed E-state index contributed by atoms with van der Waals surface area (Å²) in [5.41, 5.74) is 3.39. The van der Waals surface area contributed by atoms with E-state index < -0.39 is 11.6 Å². The molecule has 1 heterocycles. The first kappa shape index (κ1) is 18.0. The van der Waals surface area contributed by atoms with Gasteiger partial charge in [-0.15, -0.1) is 0 Å². The topological polar surface area (TPSA) is 46.9 Å². The molecule has 2 aliphatic carbocycles. The molecule has 1 saturated carbocycles. The van der Waals surface area contributed by atoms with Gasteiger partial charge in [0.05, 0.1) is 11.7 Å². The van der Waals surface area contributed by atoms with Crippen molar-refractivity contribution in [1.82, 2.24) is 15.1 Å². The van der Waals surface area contributed by atoms with Crippen molar-refractivity contribution in [2.75, 3.05) is 0 Å². The molecule has 3 atom stereocenters. The van der Waals surface area contributed by atoms with Crippen LogP contribution in [0.25, 0.3) is 5.69 Å². The first-order valence-corrected chi connectivity index (χ1v) is 9.97. The molecule has 1 fully saturated rings. The van der Waals surface area contributed by atoms with E-state index in [1.165, 1.54) is 16.8 Å². The first-order valence-electron chi connectivity index (χ1n) is 9.97. The second-order valence-corrected chi connectivity index (χ2v) is 7.97. The van der Waals surface area contributed by atoms with Gasteiger partial charge in [0.15, 0.2) is 11.5 Å². The fraction of sp³-hybridized carbons (Fsp3) is 0.304. The lowest BCUT2D eigenvalue weighted by Gasteiger charge is -2.15. The SMILES string of the molecule is C[C@H](NC(=O)c1nn(-c2ccc(F)cc2F)c2c1C1CCC2C1)c1ccccc1.